The average Bonchev–Trinajstić information content (AvgIpc) is 2.38. The van der Waals surface area contributed by atoms with Crippen LogP contribution in [0, 0.1) is 0 Å². The highest BCUT2D eigenvalue weighted by Crippen LogP contribution is 2.26. The molecule has 17 heavy (non-hydrogen) atoms. The molecule has 0 aromatic carbocycles. The molecule has 0 amide bonds. The molecule has 104 valence electrons. The lowest BCUT2D eigenvalue weighted by Crippen LogP contribution is -2.29. The number of unbranched alkanes of at least 4 members (excludes halogenated alkanes) is 7. The zero-order valence-electron chi connectivity index (χ0n) is 12.1. The van der Waals surface area contributed by atoms with Crippen molar-refractivity contribution in [1.29, 1.82) is 0 Å². The predicted octanol–water partition coefficient (Wildman–Crippen LogP) is 5.57. The number of rotatable bonds is 12. The summed E-state index contributed by atoms with van der Waals surface area (Å²) in [6.07, 6.45) is 13.4. The molecule has 2 heteroatoms. The second-order valence-electron chi connectivity index (χ2n) is 5.21. The summed E-state index contributed by atoms with van der Waals surface area (Å²) >= 11 is 0. The van der Waals surface area contributed by atoms with Crippen LogP contribution in [0.2, 0.25) is 0 Å². The summed E-state index contributed by atoms with van der Waals surface area (Å²) in [5.41, 5.74) is -0.276. The molecule has 0 bridgehead atoms. The second-order valence-corrected chi connectivity index (χ2v) is 5.21. The minimum absolute atomic E-state index is 0.276. The third-order valence-corrected chi connectivity index (χ3v) is 3.97. The normalized spacial score (nSPS) is 12.0. The molecule has 0 fully saturated rings. The molecule has 0 heterocycles. The van der Waals surface area contributed by atoms with E-state index in [-0.39, 0.29) is 5.60 Å². The van der Waals surface area contributed by atoms with Crippen LogP contribution >= 0.6 is 0 Å². The topological polar surface area (TPSA) is 29.5 Å². The lowest BCUT2D eigenvalue weighted by atomic mass is 9.90. The molecule has 2 nitrogen and oxygen atoms in total. The molecule has 0 aliphatic carbocycles. The average molecular weight is 244 g/mol. The highest BCUT2D eigenvalue weighted by Gasteiger charge is 2.26. The summed E-state index contributed by atoms with van der Waals surface area (Å²) in [5, 5.41) is 8.98. The first-order chi connectivity index (χ1) is 8.24. The molecular formula is C15H32O2. The molecular weight excluding hydrogens is 212 g/mol. The molecule has 0 saturated carbocycles. The molecule has 0 aromatic heterocycles. The Bertz CT molecular complexity index is 145. The van der Waals surface area contributed by atoms with Crippen molar-refractivity contribution in [2.45, 2.75) is 97.0 Å². The lowest BCUT2D eigenvalue weighted by molar-refractivity contribution is -0.327. The second kappa shape index (κ2) is 11.0. The maximum atomic E-state index is 8.98. The first kappa shape index (κ1) is 16.9. The summed E-state index contributed by atoms with van der Waals surface area (Å²) in [4.78, 5) is 4.70. The summed E-state index contributed by atoms with van der Waals surface area (Å²) in [6, 6.07) is 0. The van der Waals surface area contributed by atoms with E-state index in [0.29, 0.717) is 0 Å². The Balaban J connectivity index is 3.43. The minimum atomic E-state index is -0.276. The monoisotopic (exact) mass is 244 g/mol. The number of hydrogen-bond donors (Lipinski definition) is 1. The third kappa shape index (κ3) is 7.77. The van der Waals surface area contributed by atoms with Crippen LogP contribution in [0.5, 0.6) is 0 Å². The van der Waals surface area contributed by atoms with Crippen molar-refractivity contribution in [1.82, 2.24) is 0 Å². The SMILES string of the molecule is CCCCCCCCCCC(CC)(CC)OO. The van der Waals surface area contributed by atoms with E-state index in [4.69, 9.17) is 10.1 Å². The Morgan fingerprint density at radius 2 is 1.24 bits per heavy atom. The molecule has 0 unspecified atom stereocenters. The van der Waals surface area contributed by atoms with Crippen molar-refractivity contribution >= 4 is 0 Å². The molecule has 0 spiro atoms. The van der Waals surface area contributed by atoms with E-state index in [1.165, 1.54) is 51.4 Å². The molecule has 0 radical (unpaired) electrons. The van der Waals surface area contributed by atoms with Gasteiger partial charge in [-0.3, -0.25) is 5.26 Å². The fourth-order valence-corrected chi connectivity index (χ4v) is 2.36. The first-order valence-electron chi connectivity index (χ1n) is 7.57. The van der Waals surface area contributed by atoms with Gasteiger partial charge in [0.1, 0.15) is 5.60 Å². The Labute approximate surface area is 108 Å². The van der Waals surface area contributed by atoms with Crippen LogP contribution in [0.1, 0.15) is 91.4 Å². The van der Waals surface area contributed by atoms with Crippen LogP contribution < -0.4 is 0 Å². The molecule has 0 atom stereocenters. The molecule has 0 aliphatic rings. The van der Waals surface area contributed by atoms with Gasteiger partial charge in [0.05, 0.1) is 0 Å². The summed E-state index contributed by atoms with van der Waals surface area (Å²) in [5.74, 6) is 0. The van der Waals surface area contributed by atoms with Gasteiger partial charge in [-0.2, -0.15) is 0 Å². The van der Waals surface area contributed by atoms with Crippen LogP contribution in [-0.4, -0.2) is 10.9 Å². The zero-order chi connectivity index (χ0) is 13.0. The Hall–Kier alpha value is -0.0800. The Morgan fingerprint density at radius 3 is 1.65 bits per heavy atom. The largest absolute Gasteiger partial charge is 0.251 e. The molecule has 0 aromatic rings. The van der Waals surface area contributed by atoms with E-state index in [1.807, 2.05) is 0 Å². The molecule has 1 N–H and O–H groups in total. The van der Waals surface area contributed by atoms with Gasteiger partial charge in [0.25, 0.3) is 0 Å². The zero-order valence-corrected chi connectivity index (χ0v) is 12.1. The van der Waals surface area contributed by atoms with Crippen LogP contribution in [0.15, 0.2) is 0 Å². The van der Waals surface area contributed by atoms with Crippen LogP contribution in [0.3, 0.4) is 0 Å². The molecule has 0 aliphatic heterocycles. The summed E-state index contributed by atoms with van der Waals surface area (Å²) in [6.45, 7) is 6.43. The smallest absolute Gasteiger partial charge is 0.103 e. The summed E-state index contributed by atoms with van der Waals surface area (Å²) < 4.78 is 0. The van der Waals surface area contributed by atoms with Gasteiger partial charge in [-0.15, -0.1) is 0 Å². The van der Waals surface area contributed by atoms with Crippen LogP contribution in [0.4, 0.5) is 0 Å². The van der Waals surface area contributed by atoms with Crippen molar-refractivity contribution in [2.24, 2.45) is 0 Å². The van der Waals surface area contributed by atoms with E-state index in [9.17, 15) is 0 Å². The van der Waals surface area contributed by atoms with Crippen LogP contribution in [-0.2, 0) is 4.89 Å². The fraction of sp³-hybridized carbons (Fsp3) is 1.00. The van der Waals surface area contributed by atoms with Gasteiger partial charge in [-0.1, -0.05) is 72.1 Å². The van der Waals surface area contributed by atoms with Gasteiger partial charge in [0.2, 0.25) is 0 Å². The van der Waals surface area contributed by atoms with E-state index < -0.39 is 0 Å². The third-order valence-electron chi connectivity index (χ3n) is 3.97. The van der Waals surface area contributed by atoms with E-state index >= 15 is 0 Å². The predicted molar refractivity (Wildman–Crippen MR) is 74.3 cm³/mol. The molecule has 0 saturated heterocycles. The van der Waals surface area contributed by atoms with Crippen molar-refractivity contribution in [3.63, 3.8) is 0 Å². The van der Waals surface area contributed by atoms with Gasteiger partial charge in [0, 0.05) is 0 Å². The maximum Gasteiger partial charge on any atom is 0.103 e. The van der Waals surface area contributed by atoms with E-state index in [2.05, 4.69) is 20.8 Å². The van der Waals surface area contributed by atoms with Gasteiger partial charge >= 0.3 is 0 Å². The highest BCUT2D eigenvalue weighted by molar-refractivity contribution is 4.75. The summed E-state index contributed by atoms with van der Waals surface area (Å²) in [7, 11) is 0. The fourth-order valence-electron chi connectivity index (χ4n) is 2.36. The van der Waals surface area contributed by atoms with E-state index in [0.717, 1.165) is 19.3 Å². The lowest BCUT2D eigenvalue weighted by Gasteiger charge is -2.27. The minimum Gasteiger partial charge on any atom is -0.251 e. The van der Waals surface area contributed by atoms with Gasteiger partial charge < -0.3 is 0 Å². The van der Waals surface area contributed by atoms with Crippen molar-refractivity contribution in [3.8, 4) is 0 Å². The first-order valence-corrected chi connectivity index (χ1v) is 7.57. The highest BCUT2D eigenvalue weighted by atomic mass is 17.1. The Morgan fingerprint density at radius 1 is 0.765 bits per heavy atom. The quantitative estimate of drug-likeness (QED) is 0.276. The Kier molecular flexibility index (Phi) is 11.0. The van der Waals surface area contributed by atoms with Gasteiger partial charge in [-0.25, -0.2) is 4.89 Å². The van der Waals surface area contributed by atoms with E-state index in [1.54, 1.807) is 0 Å². The van der Waals surface area contributed by atoms with Crippen LogP contribution in [0.25, 0.3) is 0 Å². The molecule has 0 rings (SSSR count). The maximum absolute atomic E-state index is 8.98. The standard InChI is InChI=1S/C15H32O2/c1-4-7-8-9-10-11-12-13-14-15(5-2,6-3)17-16/h16H,4-14H2,1-3H3. The van der Waals surface area contributed by atoms with Gasteiger partial charge in [-0.05, 0) is 19.3 Å². The van der Waals surface area contributed by atoms with Crippen molar-refractivity contribution in [2.75, 3.05) is 0 Å². The number of hydrogen-bond acceptors (Lipinski definition) is 2. The van der Waals surface area contributed by atoms with Crippen molar-refractivity contribution < 1.29 is 10.1 Å². The van der Waals surface area contributed by atoms with Gasteiger partial charge in [0.15, 0.2) is 0 Å². The van der Waals surface area contributed by atoms with Crippen molar-refractivity contribution in [3.05, 3.63) is 0 Å².